The van der Waals surface area contributed by atoms with Crippen molar-refractivity contribution in [1.29, 1.82) is 0 Å². The molecule has 3 aromatic rings. The zero-order valence-electron chi connectivity index (χ0n) is 14.1. The number of halogens is 3. The molecule has 0 radical (unpaired) electrons. The van der Waals surface area contributed by atoms with Crippen LogP contribution in [0.2, 0.25) is 0 Å². The zero-order chi connectivity index (χ0) is 18.3. The van der Waals surface area contributed by atoms with E-state index in [4.69, 9.17) is 5.73 Å². The molecular formula is C19H19F3N4. The van der Waals surface area contributed by atoms with Crippen molar-refractivity contribution in [1.82, 2.24) is 10.2 Å². The van der Waals surface area contributed by atoms with Crippen LogP contribution in [0.25, 0.3) is 22.0 Å². The number of nitrogen functional groups attached to an aromatic ring is 1. The van der Waals surface area contributed by atoms with Crippen LogP contribution in [0.4, 0.5) is 24.5 Å². The van der Waals surface area contributed by atoms with Gasteiger partial charge in [0.15, 0.2) is 0 Å². The lowest BCUT2D eigenvalue weighted by Gasteiger charge is -2.38. The third-order valence-corrected chi connectivity index (χ3v) is 5.02. The number of nitrogens with two attached hydrogens (primary N) is 1. The first-order valence-electron chi connectivity index (χ1n) is 8.60. The molecule has 26 heavy (non-hydrogen) atoms. The normalized spacial score (nSPS) is 18.4. The number of alkyl halides is 3. The highest BCUT2D eigenvalue weighted by atomic mass is 19.4. The van der Waals surface area contributed by atoms with Crippen molar-refractivity contribution in [2.45, 2.75) is 31.5 Å². The van der Waals surface area contributed by atoms with Crippen LogP contribution in [0.5, 0.6) is 0 Å². The molecule has 7 heteroatoms. The predicted molar refractivity (Wildman–Crippen MR) is 97.0 cm³/mol. The highest BCUT2D eigenvalue weighted by molar-refractivity contribution is 6.00. The summed E-state index contributed by atoms with van der Waals surface area (Å²) in [6.07, 6.45) is -0.981. The topological polar surface area (TPSA) is 57.9 Å². The summed E-state index contributed by atoms with van der Waals surface area (Å²) in [5, 5.41) is 7.84. The molecule has 3 N–H and O–H groups in total. The largest absolute Gasteiger partial charge is 0.408 e. The van der Waals surface area contributed by atoms with Gasteiger partial charge < -0.3 is 10.6 Å². The molecule has 4 nitrogen and oxygen atoms in total. The van der Waals surface area contributed by atoms with E-state index in [1.165, 1.54) is 4.90 Å². The first-order chi connectivity index (χ1) is 12.4. The maximum absolute atomic E-state index is 13.3. The molecule has 0 bridgehead atoms. The number of rotatable bonds is 2. The number of H-pyrrole nitrogens is 1. The average molecular weight is 360 g/mol. The molecule has 1 fully saturated rings. The molecule has 0 aliphatic carbocycles. The molecule has 1 atom stereocenters. The van der Waals surface area contributed by atoms with Crippen molar-refractivity contribution in [3.63, 3.8) is 0 Å². The SMILES string of the molecule is Nc1ccc2[nH]ncc2c1-c1ccc(N2CCCCC2C(F)(F)F)cc1. The molecule has 1 aromatic heterocycles. The van der Waals surface area contributed by atoms with Gasteiger partial charge in [-0.05, 0) is 49.1 Å². The maximum Gasteiger partial charge on any atom is 0.408 e. The fourth-order valence-corrected chi connectivity index (χ4v) is 3.76. The molecule has 1 aliphatic heterocycles. The second-order valence-corrected chi connectivity index (χ2v) is 6.65. The van der Waals surface area contributed by atoms with Gasteiger partial charge in [0.2, 0.25) is 0 Å². The highest BCUT2D eigenvalue weighted by Crippen LogP contribution is 2.37. The molecular weight excluding hydrogens is 341 g/mol. The number of nitrogens with zero attached hydrogens (tertiary/aromatic N) is 2. The van der Waals surface area contributed by atoms with Crippen LogP contribution in [0.3, 0.4) is 0 Å². The number of piperidine rings is 1. The summed E-state index contributed by atoms with van der Waals surface area (Å²) in [5.74, 6) is 0. The highest BCUT2D eigenvalue weighted by Gasteiger charge is 2.44. The first kappa shape index (κ1) is 16.8. The summed E-state index contributed by atoms with van der Waals surface area (Å²) >= 11 is 0. The van der Waals surface area contributed by atoms with Crippen molar-refractivity contribution in [3.05, 3.63) is 42.6 Å². The van der Waals surface area contributed by atoms with E-state index in [1.54, 1.807) is 24.4 Å². The second-order valence-electron chi connectivity index (χ2n) is 6.65. The predicted octanol–water partition coefficient (Wildman–Crippen LogP) is 4.73. The van der Waals surface area contributed by atoms with Crippen molar-refractivity contribution in [2.24, 2.45) is 0 Å². The summed E-state index contributed by atoms with van der Waals surface area (Å²) in [6.45, 7) is 0.420. The van der Waals surface area contributed by atoms with Gasteiger partial charge >= 0.3 is 6.18 Å². The number of aromatic nitrogens is 2. The van der Waals surface area contributed by atoms with Crippen LogP contribution < -0.4 is 10.6 Å². The lowest BCUT2D eigenvalue weighted by atomic mass is 9.98. The van der Waals surface area contributed by atoms with Gasteiger partial charge in [0.25, 0.3) is 0 Å². The van der Waals surface area contributed by atoms with Gasteiger partial charge in [0.05, 0.1) is 11.7 Å². The molecule has 0 amide bonds. The molecule has 2 aromatic carbocycles. The Bertz CT molecular complexity index is 915. The number of hydrogen-bond donors (Lipinski definition) is 2. The minimum atomic E-state index is -4.22. The van der Waals surface area contributed by atoms with Gasteiger partial charge in [-0.3, -0.25) is 5.10 Å². The van der Waals surface area contributed by atoms with E-state index in [9.17, 15) is 13.2 Å². The number of aromatic amines is 1. The number of nitrogens with one attached hydrogen (secondary N) is 1. The summed E-state index contributed by atoms with van der Waals surface area (Å²) in [5.41, 5.74) is 9.91. The lowest BCUT2D eigenvalue weighted by molar-refractivity contribution is -0.152. The van der Waals surface area contributed by atoms with Gasteiger partial charge in [-0.2, -0.15) is 18.3 Å². The van der Waals surface area contributed by atoms with E-state index in [0.29, 0.717) is 24.3 Å². The Labute approximate surface area is 148 Å². The summed E-state index contributed by atoms with van der Waals surface area (Å²) < 4.78 is 40.0. The third-order valence-electron chi connectivity index (χ3n) is 5.02. The average Bonchev–Trinajstić information content (AvgIpc) is 3.10. The number of fused-ring (bicyclic) bond motifs is 1. The van der Waals surface area contributed by atoms with E-state index in [0.717, 1.165) is 28.5 Å². The van der Waals surface area contributed by atoms with Crippen molar-refractivity contribution >= 4 is 22.3 Å². The Morgan fingerprint density at radius 1 is 1.08 bits per heavy atom. The molecule has 4 rings (SSSR count). The summed E-state index contributed by atoms with van der Waals surface area (Å²) in [6, 6.07) is 9.40. The molecule has 0 saturated carbocycles. The van der Waals surface area contributed by atoms with E-state index < -0.39 is 12.2 Å². The van der Waals surface area contributed by atoms with Crippen molar-refractivity contribution < 1.29 is 13.2 Å². The van der Waals surface area contributed by atoms with Crippen LogP contribution in [0.1, 0.15) is 19.3 Å². The molecule has 1 aliphatic rings. The molecule has 1 unspecified atom stereocenters. The summed E-state index contributed by atoms with van der Waals surface area (Å²) in [7, 11) is 0. The maximum atomic E-state index is 13.3. The van der Waals surface area contributed by atoms with Gasteiger partial charge in [0, 0.05) is 28.9 Å². The lowest BCUT2D eigenvalue weighted by Crippen LogP contribution is -2.48. The third kappa shape index (κ3) is 2.87. The van der Waals surface area contributed by atoms with Crippen LogP contribution in [0.15, 0.2) is 42.6 Å². The van der Waals surface area contributed by atoms with E-state index in [-0.39, 0.29) is 6.42 Å². The van der Waals surface area contributed by atoms with Crippen LogP contribution in [0, 0.1) is 0 Å². The minimum Gasteiger partial charge on any atom is -0.398 e. The first-order valence-corrected chi connectivity index (χ1v) is 8.60. The van der Waals surface area contributed by atoms with Gasteiger partial charge in [-0.25, -0.2) is 0 Å². The van der Waals surface area contributed by atoms with Crippen LogP contribution in [-0.4, -0.2) is 29.0 Å². The van der Waals surface area contributed by atoms with E-state index >= 15 is 0 Å². The fourth-order valence-electron chi connectivity index (χ4n) is 3.76. The van der Waals surface area contributed by atoms with E-state index in [1.807, 2.05) is 18.2 Å². The van der Waals surface area contributed by atoms with Gasteiger partial charge in [0.1, 0.15) is 6.04 Å². The summed E-state index contributed by atoms with van der Waals surface area (Å²) in [4.78, 5) is 1.47. The van der Waals surface area contributed by atoms with Crippen molar-refractivity contribution in [3.8, 4) is 11.1 Å². The van der Waals surface area contributed by atoms with Crippen LogP contribution >= 0.6 is 0 Å². The van der Waals surface area contributed by atoms with Crippen molar-refractivity contribution in [2.75, 3.05) is 17.2 Å². The molecule has 0 spiro atoms. The van der Waals surface area contributed by atoms with E-state index in [2.05, 4.69) is 10.2 Å². The van der Waals surface area contributed by atoms with Crippen LogP contribution in [-0.2, 0) is 0 Å². The molecule has 2 heterocycles. The Morgan fingerprint density at radius 3 is 2.58 bits per heavy atom. The molecule has 1 saturated heterocycles. The molecule has 136 valence electrons. The Morgan fingerprint density at radius 2 is 1.85 bits per heavy atom. The minimum absolute atomic E-state index is 0.145. The van der Waals surface area contributed by atoms with Gasteiger partial charge in [-0.1, -0.05) is 12.1 Å². The Hall–Kier alpha value is -2.70. The monoisotopic (exact) mass is 360 g/mol. The number of benzene rings is 2. The Kier molecular flexibility index (Phi) is 4.01. The fraction of sp³-hybridized carbons (Fsp3) is 0.316. The quantitative estimate of drug-likeness (QED) is 0.650. The zero-order valence-corrected chi connectivity index (χ0v) is 14.1. The second kappa shape index (κ2) is 6.23. The standard InChI is InChI=1S/C19H19F3N4/c20-19(21,22)17-3-1-2-10-26(17)13-6-4-12(5-7-13)18-14-11-24-25-16(14)9-8-15(18)23/h4-9,11,17H,1-3,10,23H2,(H,24,25). The van der Waals surface area contributed by atoms with Gasteiger partial charge in [-0.15, -0.1) is 0 Å². The Balaban J connectivity index is 1.70. The number of anilines is 2. The smallest absolute Gasteiger partial charge is 0.398 e. The number of hydrogen-bond acceptors (Lipinski definition) is 3.